The van der Waals surface area contributed by atoms with Crippen LogP contribution in [-0.4, -0.2) is 0 Å². The highest BCUT2D eigenvalue weighted by atomic mass is 79.9. The Labute approximate surface area is 161 Å². The maximum atomic E-state index is 6.92. The van der Waals surface area contributed by atoms with Gasteiger partial charge in [0.2, 0.25) is 5.69 Å². The van der Waals surface area contributed by atoms with Crippen LogP contribution in [0.1, 0.15) is 50.7 Å². The molecule has 0 saturated carbocycles. The molecule has 0 aliphatic heterocycles. The standard InChI is InChI=1S/C10H10BrN.C9H10BrCl/c1-7(2)8-4-5-9(11)10(6-8)12-3;1-6(2)7-3-4-8(10)9(11)5-7/h4-7H,1-2H3;3-6H,1-2H3. The Morgan fingerprint density at radius 2 is 1.35 bits per heavy atom. The van der Waals surface area contributed by atoms with Crippen molar-refractivity contribution in [1.82, 2.24) is 0 Å². The quantitative estimate of drug-likeness (QED) is 0.399. The molecule has 2 aromatic carbocycles. The minimum Gasteiger partial charge on any atom is -0.237 e. The lowest BCUT2D eigenvalue weighted by atomic mass is 10.0. The summed E-state index contributed by atoms with van der Waals surface area (Å²) < 4.78 is 1.84. The molecular weight excluding hydrogens is 437 g/mol. The normalized spacial score (nSPS) is 10.3. The third kappa shape index (κ3) is 6.30. The third-order valence-electron chi connectivity index (χ3n) is 3.37. The van der Waals surface area contributed by atoms with Crippen LogP contribution >= 0.6 is 43.5 Å². The van der Waals surface area contributed by atoms with Crippen LogP contribution in [0.5, 0.6) is 0 Å². The largest absolute Gasteiger partial charge is 0.237 e. The molecule has 0 unspecified atom stereocenters. The lowest BCUT2D eigenvalue weighted by Gasteiger charge is -2.05. The van der Waals surface area contributed by atoms with Gasteiger partial charge >= 0.3 is 0 Å². The average Bonchev–Trinajstić information content (AvgIpc) is 2.50. The molecule has 0 N–H and O–H groups in total. The zero-order chi connectivity index (χ0) is 17.6. The van der Waals surface area contributed by atoms with Crippen molar-refractivity contribution in [2.45, 2.75) is 39.5 Å². The van der Waals surface area contributed by atoms with Crippen LogP contribution in [0.2, 0.25) is 5.02 Å². The summed E-state index contributed by atoms with van der Waals surface area (Å²) in [6.45, 7) is 15.5. The zero-order valence-electron chi connectivity index (χ0n) is 13.7. The Bertz CT molecular complexity index is 703. The number of rotatable bonds is 2. The van der Waals surface area contributed by atoms with Gasteiger partial charge in [-0.05, 0) is 45.5 Å². The molecule has 0 aromatic heterocycles. The lowest BCUT2D eigenvalue weighted by Crippen LogP contribution is -1.85. The van der Waals surface area contributed by atoms with Gasteiger partial charge in [-0.1, -0.05) is 85.1 Å². The Morgan fingerprint density at radius 3 is 1.78 bits per heavy atom. The van der Waals surface area contributed by atoms with E-state index in [2.05, 4.69) is 70.5 Å². The van der Waals surface area contributed by atoms with Gasteiger partial charge in [-0.15, -0.1) is 0 Å². The molecule has 1 nitrogen and oxygen atoms in total. The van der Waals surface area contributed by atoms with E-state index in [4.69, 9.17) is 18.2 Å². The SMILES string of the molecule is CC(C)c1ccc(Br)c(Cl)c1.[C-]#[N+]c1cc(C(C)C)ccc1Br. The van der Waals surface area contributed by atoms with Crippen molar-refractivity contribution >= 4 is 49.1 Å². The van der Waals surface area contributed by atoms with Crippen LogP contribution in [0.25, 0.3) is 4.85 Å². The molecule has 122 valence electrons. The van der Waals surface area contributed by atoms with Crippen LogP contribution in [0.15, 0.2) is 45.3 Å². The number of benzene rings is 2. The number of hydrogen-bond donors (Lipinski definition) is 0. The first-order valence-electron chi connectivity index (χ1n) is 7.38. The van der Waals surface area contributed by atoms with Gasteiger partial charge in [0.05, 0.1) is 11.6 Å². The topological polar surface area (TPSA) is 4.36 Å². The van der Waals surface area contributed by atoms with E-state index in [9.17, 15) is 0 Å². The van der Waals surface area contributed by atoms with E-state index in [0.29, 0.717) is 17.5 Å². The molecule has 0 radical (unpaired) electrons. The van der Waals surface area contributed by atoms with E-state index in [1.165, 1.54) is 11.1 Å². The van der Waals surface area contributed by atoms with Crippen LogP contribution in [-0.2, 0) is 0 Å². The summed E-state index contributed by atoms with van der Waals surface area (Å²) in [7, 11) is 0. The maximum absolute atomic E-state index is 6.92. The van der Waals surface area contributed by atoms with Crippen molar-refractivity contribution < 1.29 is 0 Å². The highest BCUT2D eigenvalue weighted by Crippen LogP contribution is 2.29. The molecule has 0 fully saturated rings. The van der Waals surface area contributed by atoms with Crippen molar-refractivity contribution in [3.8, 4) is 0 Å². The van der Waals surface area contributed by atoms with Crippen LogP contribution < -0.4 is 0 Å². The lowest BCUT2D eigenvalue weighted by molar-refractivity contribution is 0.866. The first kappa shape index (κ1) is 20.2. The summed E-state index contributed by atoms with van der Waals surface area (Å²) in [4.78, 5) is 3.42. The van der Waals surface area contributed by atoms with Gasteiger partial charge in [0.25, 0.3) is 0 Å². The van der Waals surface area contributed by atoms with E-state index >= 15 is 0 Å². The summed E-state index contributed by atoms with van der Waals surface area (Å²) in [6, 6.07) is 12.0. The molecule has 2 rings (SSSR count). The molecule has 0 spiro atoms. The number of halogens is 3. The average molecular weight is 458 g/mol. The van der Waals surface area contributed by atoms with Crippen molar-refractivity contribution in [2.75, 3.05) is 0 Å². The Morgan fingerprint density at radius 1 is 0.870 bits per heavy atom. The predicted molar refractivity (Wildman–Crippen MR) is 108 cm³/mol. The molecule has 0 aliphatic carbocycles. The van der Waals surface area contributed by atoms with Gasteiger partial charge in [0, 0.05) is 8.95 Å². The third-order valence-corrected chi connectivity index (χ3v) is 5.27. The van der Waals surface area contributed by atoms with E-state index in [1.54, 1.807) is 0 Å². The molecule has 0 aliphatic rings. The Kier molecular flexibility index (Phi) is 8.33. The first-order valence-corrected chi connectivity index (χ1v) is 9.34. The first-order chi connectivity index (χ1) is 10.8. The van der Waals surface area contributed by atoms with E-state index in [0.717, 1.165) is 14.0 Å². The second kappa shape index (κ2) is 9.47. The highest BCUT2D eigenvalue weighted by molar-refractivity contribution is 9.11. The summed E-state index contributed by atoms with van der Waals surface area (Å²) >= 11 is 12.6. The smallest absolute Gasteiger partial charge is 0.201 e. The fourth-order valence-corrected chi connectivity index (χ4v) is 2.62. The molecule has 0 amide bonds. The van der Waals surface area contributed by atoms with Gasteiger partial charge in [0.15, 0.2) is 0 Å². The minimum absolute atomic E-state index is 0.485. The predicted octanol–water partition coefficient (Wildman–Crippen LogP) is 8.35. The van der Waals surface area contributed by atoms with Crippen molar-refractivity contribution in [3.05, 3.63) is 72.9 Å². The van der Waals surface area contributed by atoms with Crippen molar-refractivity contribution in [2.24, 2.45) is 0 Å². The monoisotopic (exact) mass is 455 g/mol. The van der Waals surface area contributed by atoms with Crippen molar-refractivity contribution in [3.63, 3.8) is 0 Å². The highest BCUT2D eigenvalue weighted by Gasteiger charge is 2.03. The maximum Gasteiger partial charge on any atom is 0.201 e. The van der Waals surface area contributed by atoms with Gasteiger partial charge < -0.3 is 0 Å². The van der Waals surface area contributed by atoms with Crippen molar-refractivity contribution in [1.29, 1.82) is 0 Å². The summed E-state index contributed by atoms with van der Waals surface area (Å²) in [5.74, 6) is 1.03. The van der Waals surface area contributed by atoms with Gasteiger partial charge in [0.1, 0.15) is 0 Å². The van der Waals surface area contributed by atoms with Gasteiger partial charge in [-0.25, -0.2) is 4.85 Å². The van der Waals surface area contributed by atoms with E-state index in [1.807, 2.05) is 30.3 Å². The number of hydrogen-bond acceptors (Lipinski definition) is 0. The second-order valence-electron chi connectivity index (χ2n) is 5.81. The molecular formula is C19H20Br2ClN. The van der Waals surface area contributed by atoms with Gasteiger partial charge in [-0.3, -0.25) is 0 Å². The van der Waals surface area contributed by atoms with Crippen LogP contribution in [0.3, 0.4) is 0 Å². The molecule has 0 heterocycles. The zero-order valence-corrected chi connectivity index (χ0v) is 17.6. The number of nitrogens with zero attached hydrogens (tertiary/aromatic N) is 1. The van der Waals surface area contributed by atoms with Crippen LogP contribution in [0, 0.1) is 6.57 Å². The molecule has 4 heteroatoms. The minimum atomic E-state index is 0.485. The Hall–Kier alpha value is -0.820. The molecule has 0 bridgehead atoms. The summed E-state index contributed by atoms with van der Waals surface area (Å²) in [5, 5.41) is 0.788. The fourth-order valence-electron chi connectivity index (χ4n) is 1.85. The van der Waals surface area contributed by atoms with E-state index in [-0.39, 0.29) is 0 Å². The molecule has 0 atom stereocenters. The summed E-state index contributed by atoms with van der Waals surface area (Å²) in [6.07, 6.45) is 0. The molecule has 2 aromatic rings. The Balaban J connectivity index is 0.000000231. The summed E-state index contributed by atoms with van der Waals surface area (Å²) in [5.41, 5.74) is 3.18. The van der Waals surface area contributed by atoms with Gasteiger partial charge in [-0.2, -0.15) is 0 Å². The molecule has 23 heavy (non-hydrogen) atoms. The van der Waals surface area contributed by atoms with E-state index < -0.39 is 0 Å². The van der Waals surface area contributed by atoms with Crippen LogP contribution in [0.4, 0.5) is 5.69 Å². The fraction of sp³-hybridized carbons (Fsp3) is 0.316. The second-order valence-corrected chi connectivity index (χ2v) is 7.92. The molecule has 0 saturated heterocycles.